The first kappa shape index (κ1) is 15.0. The van der Waals surface area contributed by atoms with Gasteiger partial charge in [0.05, 0.1) is 0 Å². The highest BCUT2D eigenvalue weighted by atomic mass is 28.2. The molecule has 0 spiro atoms. The van der Waals surface area contributed by atoms with Gasteiger partial charge in [-0.2, -0.15) is 26.3 Å². The smallest absolute Gasteiger partial charge is 0.454 e. The fourth-order valence-electron chi connectivity index (χ4n) is 0.618. The van der Waals surface area contributed by atoms with Gasteiger partial charge in [-0.15, -0.1) is 0 Å². The van der Waals surface area contributed by atoms with Gasteiger partial charge in [-0.25, -0.2) is 0 Å². The maximum atomic E-state index is 12.1. The van der Waals surface area contributed by atoms with Crippen molar-refractivity contribution in [2.75, 3.05) is 0 Å². The summed E-state index contributed by atoms with van der Waals surface area (Å²) in [7, 11) is -1.60. The van der Waals surface area contributed by atoms with E-state index in [2.05, 4.69) is 4.43 Å². The van der Waals surface area contributed by atoms with E-state index in [4.69, 9.17) is 0 Å². The second-order valence-electron chi connectivity index (χ2n) is 2.72. The van der Waals surface area contributed by atoms with Gasteiger partial charge < -0.3 is 4.43 Å². The molecule has 0 aliphatic carbocycles. The maximum Gasteiger partial charge on any atom is 0.454 e. The summed E-state index contributed by atoms with van der Waals surface area (Å²) in [5.41, 5.74) is 0. The average molecular weight is 266 g/mol. The Labute approximate surface area is 89.2 Å². The van der Waals surface area contributed by atoms with E-state index < -0.39 is 39.7 Å². The van der Waals surface area contributed by atoms with Crippen molar-refractivity contribution in [3.8, 4) is 0 Å². The molecule has 0 aliphatic rings. The van der Waals surface area contributed by atoms with Crippen LogP contribution in [0.2, 0.25) is 6.04 Å². The van der Waals surface area contributed by atoms with Crippen LogP contribution in [0.5, 0.6) is 0 Å². The number of halogens is 6. The molecule has 0 aromatic rings. The molecule has 0 N–H and O–H groups in total. The van der Waals surface area contributed by atoms with E-state index >= 15 is 0 Å². The summed E-state index contributed by atoms with van der Waals surface area (Å²) in [6, 6.07) is 0.313. The molecule has 0 unspecified atom stereocenters. The SMILES string of the molecule is CC[SiH2]OC(=CC(=O)C(F)(F)F)C(F)(F)F. The summed E-state index contributed by atoms with van der Waals surface area (Å²) in [6.07, 6.45) is -11.0. The van der Waals surface area contributed by atoms with Gasteiger partial charge in [0.25, 0.3) is 5.78 Å². The molecule has 2 nitrogen and oxygen atoms in total. The lowest BCUT2D eigenvalue weighted by Gasteiger charge is -2.13. The fourth-order valence-corrected chi connectivity index (χ4v) is 1.29. The molecule has 0 bridgehead atoms. The van der Waals surface area contributed by atoms with Crippen molar-refractivity contribution in [2.45, 2.75) is 25.3 Å². The number of ketones is 1. The number of carbonyl (C=O) groups is 1. The minimum atomic E-state index is -5.33. The van der Waals surface area contributed by atoms with E-state index in [1.165, 1.54) is 6.92 Å². The van der Waals surface area contributed by atoms with Crippen molar-refractivity contribution >= 4 is 15.5 Å². The van der Waals surface area contributed by atoms with Crippen LogP contribution in [0.15, 0.2) is 11.8 Å². The molecule has 0 atom stereocenters. The van der Waals surface area contributed by atoms with Crippen molar-refractivity contribution in [1.82, 2.24) is 0 Å². The third kappa shape index (κ3) is 5.19. The number of carbonyl (C=O) groups excluding carboxylic acids is 1. The molecular formula is C7H8F6O2Si. The van der Waals surface area contributed by atoms with Gasteiger partial charge in [-0.05, 0) is 6.04 Å². The van der Waals surface area contributed by atoms with Gasteiger partial charge in [0, 0.05) is 6.08 Å². The second kappa shape index (κ2) is 5.37. The van der Waals surface area contributed by atoms with Crippen molar-refractivity contribution in [3.05, 3.63) is 11.8 Å². The molecule has 9 heteroatoms. The molecule has 0 fully saturated rings. The van der Waals surface area contributed by atoms with Crippen LogP contribution in [0.25, 0.3) is 0 Å². The monoisotopic (exact) mass is 266 g/mol. The first-order chi connectivity index (χ1) is 7.09. The Morgan fingerprint density at radius 2 is 1.69 bits per heavy atom. The zero-order valence-corrected chi connectivity index (χ0v) is 9.49. The zero-order chi connectivity index (χ0) is 13.0. The van der Waals surface area contributed by atoms with Crippen molar-refractivity contribution < 1.29 is 35.6 Å². The number of rotatable bonds is 4. The van der Waals surface area contributed by atoms with Crippen LogP contribution in [0.4, 0.5) is 26.3 Å². The average Bonchev–Trinajstić information content (AvgIpc) is 2.08. The van der Waals surface area contributed by atoms with E-state index in [0.717, 1.165) is 0 Å². The molecule has 0 aromatic carbocycles. The van der Waals surface area contributed by atoms with Crippen LogP contribution in [0, 0.1) is 0 Å². The summed E-state index contributed by atoms with van der Waals surface area (Å²) in [4.78, 5) is 10.3. The Morgan fingerprint density at radius 3 is 2.00 bits per heavy atom. The van der Waals surface area contributed by atoms with Gasteiger partial charge in [0.2, 0.25) is 9.76 Å². The summed E-state index contributed by atoms with van der Waals surface area (Å²) in [6.45, 7) is 1.53. The van der Waals surface area contributed by atoms with Crippen LogP contribution >= 0.6 is 0 Å². The normalized spacial score (nSPS) is 14.6. The highest BCUT2D eigenvalue weighted by Gasteiger charge is 2.42. The van der Waals surface area contributed by atoms with Crippen LogP contribution in [0.3, 0.4) is 0 Å². The zero-order valence-electron chi connectivity index (χ0n) is 8.08. The van der Waals surface area contributed by atoms with Gasteiger partial charge in [-0.1, -0.05) is 6.92 Å². The minimum Gasteiger partial charge on any atom is -0.546 e. The Kier molecular flexibility index (Phi) is 5.04. The third-order valence-electron chi connectivity index (χ3n) is 1.28. The Balaban J connectivity index is 4.90. The molecule has 0 aromatic heterocycles. The summed E-state index contributed by atoms with van der Waals surface area (Å²) in [5.74, 6) is -4.45. The highest BCUT2D eigenvalue weighted by molar-refractivity contribution is 6.27. The second-order valence-corrected chi connectivity index (χ2v) is 4.41. The summed E-state index contributed by atoms with van der Waals surface area (Å²) in [5, 5.41) is 0. The number of allylic oxidation sites excluding steroid dienone is 2. The number of hydrogen-bond acceptors (Lipinski definition) is 2. The molecule has 0 saturated carbocycles. The standard InChI is InChI=1S/C7H8F6O2Si/c1-2-16-15-5(7(11,12)13)3-4(14)6(8,9)10/h3H,2,16H2,1H3. The molecule has 0 radical (unpaired) electrons. The molecule has 0 aliphatic heterocycles. The van der Waals surface area contributed by atoms with E-state index in [-0.39, 0.29) is 0 Å². The largest absolute Gasteiger partial charge is 0.546 e. The topological polar surface area (TPSA) is 26.3 Å². The van der Waals surface area contributed by atoms with E-state index in [0.29, 0.717) is 6.04 Å². The van der Waals surface area contributed by atoms with Gasteiger partial charge >= 0.3 is 12.4 Å². The molecular weight excluding hydrogens is 258 g/mol. The molecule has 94 valence electrons. The number of alkyl halides is 6. The van der Waals surface area contributed by atoms with Crippen LogP contribution in [0.1, 0.15) is 6.92 Å². The highest BCUT2D eigenvalue weighted by Crippen LogP contribution is 2.28. The molecule has 0 rings (SSSR count). The van der Waals surface area contributed by atoms with Crippen LogP contribution in [-0.2, 0) is 9.22 Å². The van der Waals surface area contributed by atoms with Crippen LogP contribution in [-0.4, -0.2) is 27.9 Å². The molecule has 0 amide bonds. The van der Waals surface area contributed by atoms with Gasteiger partial charge in [0.15, 0.2) is 5.76 Å². The predicted octanol–water partition coefficient (Wildman–Crippen LogP) is 2.10. The van der Waals surface area contributed by atoms with Gasteiger partial charge in [-0.3, -0.25) is 4.79 Å². The minimum absolute atomic E-state index is 0.313. The quantitative estimate of drug-likeness (QED) is 0.337. The first-order valence-corrected chi connectivity index (χ1v) is 5.69. The third-order valence-corrected chi connectivity index (χ3v) is 2.21. The van der Waals surface area contributed by atoms with E-state index in [1.807, 2.05) is 0 Å². The fraction of sp³-hybridized carbons (Fsp3) is 0.571. The van der Waals surface area contributed by atoms with Crippen molar-refractivity contribution in [3.63, 3.8) is 0 Å². The number of hydrogen-bond donors (Lipinski definition) is 0. The Bertz CT molecular complexity index is 280. The van der Waals surface area contributed by atoms with Gasteiger partial charge in [0.1, 0.15) is 0 Å². The summed E-state index contributed by atoms with van der Waals surface area (Å²) < 4.78 is 75.6. The summed E-state index contributed by atoms with van der Waals surface area (Å²) >= 11 is 0. The Morgan fingerprint density at radius 1 is 1.19 bits per heavy atom. The first-order valence-electron chi connectivity index (χ1n) is 4.12. The predicted molar refractivity (Wildman–Crippen MR) is 45.3 cm³/mol. The lowest BCUT2D eigenvalue weighted by Crippen LogP contribution is -2.24. The molecule has 0 heterocycles. The van der Waals surface area contributed by atoms with E-state index in [1.54, 1.807) is 0 Å². The maximum absolute atomic E-state index is 12.1. The van der Waals surface area contributed by atoms with E-state index in [9.17, 15) is 31.1 Å². The lowest BCUT2D eigenvalue weighted by molar-refractivity contribution is -0.166. The van der Waals surface area contributed by atoms with Crippen molar-refractivity contribution in [2.24, 2.45) is 0 Å². The van der Waals surface area contributed by atoms with Crippen molar-refractivity contribution in [1.29, 1.82) is 0 Å². The Hall–Kier alpha value is -0.993. The lowest BCUT2D eigenvalue weighted by atomic mass is 10.3. The molecule has 0 saturated heterocycles. The van der Waals surface area contributed by atoms with Crippen LogP contribution < -0.4 is 0 Å². The molecule has 16 heavy (non-hydrogen) atoms.